The molecule has 8 heteroatoms. The Morgan fingerprint density at radius 2 is 1.64 bits per heavy atom. The molecule has 1 aliphatic heterocycles. The maximum Gasteiger partial charge on any atom is 0.338 e. The predicted molar refractivity (Wildman–Crippen MR) is 181 cm³/mol. The third-order valence-corrected chi connectivity index (χ3v) is 9.21. The molecule has 0 saturated carbocycles. The fourth-order valence-electron chi connectivity index (χ4n) is 5.90. The number of nitrogens with one attached hydrogen (secondary N) is 1. The van der Waals surface area contributed by atoms with Crippen LogP contribution in [-0.4, -0.2) is 22.1 Å². The number of carbonyl (C=O) groups excluding carboxylic acids is 1. The number of aryl methyl sites for hydroxylation is 1. The van der Waals surface area contributed by atoms with Gasteiger partial charge in [-0.05, 0) is 48.7 Å². The van der Waals surface area contributed by atoms with Crippen molar-refractivity contribution < 1.29 is 9.53 Å². The second-order valence-electron chi connectivity index (χ2n) is 10.8. The number of halogens is 1. The normalized spacial score (nSPS) is 14.8. The van der Waals surface area contributed by atoms with E-state index < -0.39 is 12.0 Å². The number of fused-ring (bicyclic) bond motifs is 2. The smallest absolute Gasteiger partial charge is 0.338 e. The van der Waals surface area contributed by atoms with E-state index in [-0.39, 0.29) is 12.2 Å². The Hall–Kier alpha value is -4.98. The van der Waals surface area contributed by atoms with Crippen molar-refractivity contribution in [3.8, 4) is 11.3 Å². The molecule has 0 aliphatic carbocycles. The summed E-state index contributed by atoms with van der Waals surface area (Å²) in [5.74, 6) is -0.521. The molecule has 0 unspecified atom stereocenters. The van der Waals surface area contributed by atoms with Gasteiger partial charge in [0.1, 0.15) is 0 Å². The first-order chi connectivity index (χ1) is 21.9. The predicted octanol–water partition coefficient (Wildman–Crippen LogP) is 7.05. The monoisotopic (exact) mass is 629 g/mol. The van der Waals surface area contributed by atoms with E-state index in [0.717, 1.165) is 44.4 Å². The van der Waals surface area contributed by atoms with Crippen LogP contribution < -0.4 is 14.9 Å². The van der Waals surface area contributed by atoms with E-state index in [1.165, 1.54) is 11.3 Å². The van der Waals surface area contributed by atoms with Crippen LogP contribution in [0.5, 0.6) is 0 Å². The highest BCUT2D eigenvalue weighted by atomic mass is 35.5. The number of carbonyl (C=O) groups is 1. The Labute approximate surface area is 268 Å². The van der Waals surface area contributed by atoms with E-state index in [2.05, 4.69) is 36.2 Å². The van der Waals surface area contributed by atoms with Gasteiger partial charge in [0.05, 0.1) is 34.1 Å². The van der Waals surface area contributed by atoms with E-state index in [1.807, 2.05) is 72.8 Å². The number of benzene rings is 4. The molecule has 0 spiro atoms. The van der Waals surface area contributed by atoms with Crippen molar-refractivity contribution in [2.75, 3.05) is 6.61 Å². The molecule has 0 fully saturated rings. The number of para-hydroxylation sites is 1. The number of H-pyrrole nitrogens is 1. The number of hydrogen-bond donors (Lipinski definition) is 1. The van der Waals surface area contributed by atoms with Gasteiger partial charge in [-0.25, -0.2) is 9.79 Å². The highest BCUT2D eigenvalue weighted by Crippen LogP contribution is 2.36. The lowest BCUT2D eigenvalue weighted by atomic mass is 9.93. The molecule has 0 saturated heterocycles. The quantitative estimate of drug-likeness (QED) is 0.201. The lowest BCUT2D eigenvalue weighted by Crippen LogP contribution is -2.40. The number of esters is 1. The molecule has 1 atom stereocenters. The molecular weight excluding hydrogens is 602 g/mol. The van der Waals surface area contributed by atoms with Crippen LogP contribution in [0.3, 0.4) is 0 Å². The first kappa shape index (κ1) is 28.8. The minimum atomic E-state index is -0.770. The van der Waals surface area contributed by atoms with Crippen molar-refractivity contribution >= 4 is 51.6 Å². The van der Waals surface area contributed by atoms with E-state index >= 15 is 0 Å². The number of aromatic amines is 1. The number of ether oxygens (including phenoxy) is 1. The van der Waals surface area contributed by atoms with Crippen LogP contribution in [0.15, 0.2) is 118 Å². The standard InChI is InChI=1S/C37H28ClN3O3S/c1-3-44-36(43)30-33(24-14-8-5-9-15-24)40-37-41(34(30)25-17-19-26(38)20-18-25)35(42)29(45-37)21-28-27-16-10-11-22(2)31(27)39-32(28)23-12-6-4-7-13-23/h4-21,34,39H,3H2,1-2H3/b29-21+/t34-/m1/s1. The van der Waals surface area contributed by atoms with Crippen molar-refractivity contribution in [3.63, 3.8) is 0 Å². The van der Waals surface area contributed by atoms with Gasteiger partial charge in [-0.15, -0.1) is 0 Å². The molecule has 0 radical (unpaired) electrons. The zero-order valence-electron chi connectivity index (χ0n) is 24.6. The number of rotatable bonds is 6. The number of thiazole rings is 1. The van der Waals surface area contributed by atoms with Gasteiger partial charge in [-0.3, -0.25) is 9.36 Å². The van der Waals surface area contributed by atoms with E-state index in [0.29, 0.717) is 25.6 Å². The molecule has 6 aromatic rings. The van der Waals surface area contributed by atoms with E-state index in [1.54, 1.807) is 23.6 Å². The number of aromatic nitrogens is 2. The molecule has 4 aromatic carbocycles. The Bertz CT molecular complexity index is 2280. The average Bonchev–Trinajstić information content (AvgIpc) is 3.59. The summed E-state index contributed by atoms with van der Waals surface area (Å²) in [4.78, 5) is 37.3. The second kappa shape index (κ2) is 11.8. The third kappa shape index (κ3) is 5.14. The number of nitrogens with zero attached hydrogens (tertiary/aromatic N) is 2. The van der Waals surface area contributed by atoms with Gasteiger partial charge in [0.25, 0.3) is 5.56 Å². The molecule has 1 aliphatic rings. The summed E-state index contributed by atoms with van der Waals surface area (Å²) in [5, 5.41) is 1.57. The minimum absolute atomic E-state index is 0.185. The van der Waals surface area contributed by atoms with E-state index in [9.17, 15) is 9.59 Å². The Balaban J connectivity index is 1.54. The van der Waals surface area contributed by atoms with Gasteiger partial charge in [-0.2, -0.15) is 0 Å². The average molecular weight is 630 g/mol. The molecule has 6 nitrogen and oxygen atoms in total. The van der Waals surface area contributed by atoms with Crippen LogP contribution in [0.1, 0.15) is 35.2 Å². The van der Waals surface area contributed by atoms with Crippen molar-refractivity contribution in [2.24, 2.45) is 4.99 Å². The topological polar surface area (TPSA) is 76.4 Å². The maximum atomic E-state index is 14.5. The maximum absolute atomic E-state index is 14.5. The molecule has 0 amide bonds. The van der Waals surface area contributed by atoms with Gasteiger partial charge >= 0.3 is 5.97 Å². The fraction of sp³-hybridized carbons (Fsp3) is 0.108. The summed E-state index contributed by atoms with van der Waals surface area (Å²) in [6.07, 6.45) is 1.94. The van der Waals surface area contributed by atoms with Crippen LogP contribution in [0.2, 0.25) is 5.02 Å². The number of hydrogen-bond acceptors (Lipinski definition) is 5. The summed E-state index contributed by atoms with van der Waals surface area (Å²) in [6, 6.07) is 32.2. The molecule has 2 aromatic heterocycles. The highest BCUT2D eigenvalue weighted by molar-refractivity contribution is 7.07. The van der Waals surface area contributed by atoms with Crippen molar-refractivity contribution in [3.05, 3.63) is 156 Å². The third-order valence-electron chi connectivity index (χ3n) is 7.98. The largest absolute Gasteiger partial charge is 0.463 e. The Kier molecular flexibility index (Phi) is 7.57. The van der Waals surface area contributed by atoms with Gasteiger partial charge in [0.2, 0.25) is 0 Å². The molecule has 1 N–H and O–H groups in total. The second-order valence-corrected chi connectivity index (χ2v) is 12.2. The molecule has 3 heterocycles. The summed E-state index contributed by atoms with van der Waals surface area (Å²) in [6.45, 7) is 4.02. The SMILES string of the molecule is CCOC(=O)C1=C(c2ccccc2)N=c2s/c(=C/c3c(-c4ccccc4)[nH]c4c(C)cccc34)c(=O)n2[C@@H]1c1ccc(Cl)cc1. The van der Waals surface area contributed by atoms with E-state index in [4.69, 9.17) is 21.3 Å². The first-order valence-corrected chi connectivity index (χ1v) is 15.8. The molecular formula is C37H28ClN3O3S. The van der Waals surface area contributed by atoms with Crippen LogP contribution in [0.4, 0.5) is 0 Å². The van der Waals surface area contributed by atoms with Crippen LogP contribution in [0.25, 0.3) is 33.9 Å². The fourth-order valence-corrected chi connectivity index (χ4v) is 7.01. The molecule has 222 valence electrons. The molecule has 0 bridgehead atoms. The van der Waals surface area contributed by atoms with Crippen LogP contribution in [0, 0.1) is 6.92 Å². The zero-order chi connectivity index (χ0) is 31.1. The minimum Gasteiger partial charge on any atom is -0.463 e. The van der Waals surface area contributed by atoms with Gasteiger partial charge in [0.15, 0.2) is 4.80 Å². The highest BCUT2D eigenvalue weighted by Gasteiger charge is 2.35. The summed E-state index contributed by atoms with van der Waals surface area (Å²) in [7, 11) is 0. The Morgan fingerprint density at radius 3 is 2.33 bits per heavy atom. The Morgan fingerprint density at radius 1 is 0.956 bits per heavy atom. The molecule has 45 heavy (non-hydrogen) atoms. The lowest BCUT2D eigenvalue weighted by molar-refractivity contribution is -0.138. The van der Waals surface area contributed by atoms with Gasteiger partial charge in [-0.1, -0.05) is 114 Å². The van der Waals surface area contributed by atoms with Gasteiger partial charge in [0, 0.05) is 27.1 Å². The van der Waals surface area contributed by atoms with Crippen molar-refractivity contribution in [2.45, 2.75) is 19.9 Å². The summed E-state index contributed by atoms with van der Waals surface area (Å²) >= 11 is 7.57. The first-order valence-electron chi connectivity index (χ1n) is 14.6. The van der Waals surface area contributed by atoms with Crippen LogP contribution >= 0.6 is 22.9 Å². The lowest BCUT2D eigenvalue weighted by Gasteiger charge is -2.25. The summed E-state index contributed by atoms with van der Waals surface area (Å²) in [5.41, 5.74) is 7.02. The van der Waals surface area contributed by atoms with Crippen molar-refractivity contribution in [1.29, 1.82) is 0 Å². The van der Waals surface area contributed by atoms with Crippen molar-refractivity contribution in [1.82, 2.24) is 9.55 Å². The van der Waals surface area contributed by atoms with Crippen LogP contribution in [-0.2, 0) is 9.53 Å². The zero-order valence-corrected chi connectivity index (χ0v) is 26.2. The summed E-state index contributed by atoms with van der Waals surface area (Å²) < 4.78 is 7.69. The van der Waals surface area contributed by atoms with Gasteiger partial charge < -0.3 is 9.72 Å². The molecule has 7 rings (SSSR count).